The molecule has 5 heteroatoms. The maximum absolute atomic E-state index is 8.00. The van der Waals surface area contributed by atoms with Gasteiger partial charge in [-0.15, -0.1) is 0 Å². The molecule has 78 heavy (non-hydrogen) atoms. The van der Waals surface area contributed by atoms with E-state index in [0.717, 1.165) is 18.5 Å². The molecule has 1 nitrogen and oxygen atoms in total. The zero-order valence-electron chi connectivity index (χ0n) is 47.9. The van der Waals surface area contributed by atoms with E-state index in [1.54, 1.807) is 0 Å². The second-order valence-electron chi connectivity index (χ2n) is 18.9. The van der Waals surface area contributed by atoms with E-state index in [-0.39, 0.29) is 23.8 Å². The van der Waals surface area contributed by atoms with Crippen molar-refractivity contribution >= 4 is 109 Å². The molecule has 0 fully saturated rings. The summed E-state index contributed by atoms with van der Waals surface area (Å²) in [7, 11) is -5.04. The minimum atomic E-state index is -1.68. The summed E-state index contributed by atoms with van der Waals surface area (Å²) in [5.41, 5.74) is 0. The molecule has 12 aromatic rings. The standard InChI is InChI=1S/3C24H22P.CH2O.Rh.3H/c3*1-2-25(21-14-5-3-6-15-21,22-16-7-4-8-17-22)24-19-11-13-20-12-9-10-18-23(20)24;1-2;;;;/h3*3-19H,2H2,1H3;1H2;;;;/q3*+1;;+3;3*-1. The number of hydrogen-bond acceptors (Lipinski definition) is 1. The Morgan fingerprint density at radius 3 is 0.603 bits per heavy atom. The van der Waals surface area contributed by atoms with Crippen LogP contribution in [0.3, 0.4) is 0 Å². The summed E-state index contributed by atoms with van der Waals surface area (Å²) in [5, 5.41) is 21.3. The van der Waals surface area contributed by atoms with Crippen LogP contribution in [0.15, 0.2) is 309 Å². The normalized spacial score (nSPS) is 11.2. The number of carbonyl (C=O) groups excluding carboxylic acids is 1. The SMILES string of the molecule is C=O.CC[P+](c1ccccc1)(c1ccccc1)c1cccc2ccccc12.CC[P+](c1ccccc1)(c1ccccc1)c1cccc2ccccc12.CC[P+](c1ccccc1)(c1ccccc1)c1cccc2ccccc12.[H-].[H-].[H-].[Rh+3]. The molecular weight excluding hydrogens is 1090 g/mol. The fourth-order valence-electron chi connectivity index (χ4n) is 11.6. The number of fused-ring (bicyclic) bond motifs is 3. The van der Waals surface area contributed by atoms with Crippen LogP contribution in [-0.4, -0.2) is 25.3 Å². The third-order valence-corrected chi connectivity index (χ3v) is 28.7. The number of hydrogen-bond donors (Lipinski definition) is 0. The Bertz CT molecular complexity index is 3240. The summed E-state index contributed by atoms with van der Waals surface area (Å²) in [6.45, 7) is 9.03. The summed E-state index contributed by atoms with van der Waals surface area (Å²) < 4.78 is 0. The van der Waals surface area contributed by atoms with Gasteiger partial charge in [-0.3, -0.25) is 0 Å². The molecule has 0 N–H and O–H groups in total. The molecule has 0 saturated carbocycles. The van der Waals surface area contributed by atoms with Crippen molar-refractivity contribution < 1.29 is 28.6 Å². The largest absolute Gasteiger partial charge is 3.00 e. The average molecular weight is 1160 g/mol. The van der Waals surface area contributed by atoms with Gasteiger partial charge in [-0.1, -0.05) is 218 Å². The van der Waals surface area contributed by atoms with E-state index < -0.39 is 21.8 Å². The topological polar surface area (TPSA) is 17.1 Å². The van der Waals surface area contributed by atoms with Crippen molar-refractivity contribution in [2.24, 2.45) is 0 Å². The molecule has 0 amide bonds. The molecule has 390 valence electrons. The quantitative estimate of drug-likeness (QED) is 0.0880. The monoisotopic (exact) mass is 1160 g/mol. The van der Waals surface area contributed by atoms with E-state index >= 15 is 0 Å². The second-order valence-corrected chi connectivity index (χ2v) is 30.2. The number of rotatable bonds is 12. The van der Waals surface area contributed by atoms with Crippen molar-refractivity contribution in [3.05, 3.63) is 309 Å². The van der Waals surface area contributed by atoms with Gasteiger partial charge in [-0.2, -0.15) is 0 Å². The molecule has 0 unspecified atom stereocenters. The van der Waals surface area contributed by atoms with Crippen molar-refractivity contribution in [1.29, 1.82) is 0 Å². The zero-order chi connectivity index (χ0) is 53.3. The van der Waals surface area contributed by atoms with Crippen molar-refractivity contribution in [1.82, 2.24) is 0 Å². The summed E-state index contributed by atoms with van der Waals surface area (Å²) in [5.74, 6) is 0. The first-order valence-electron chi connectivity index (χ1n) is 26.8. The Kier molecular flexibility index (Phi) is 20.2. The summed E-state index contributed by atoms with van der Waals surface area (Å²) in [6, 6.07) is 113. The molecule has 0 bridgehead atoms. The molecule has 0 aromatic heterocycles. The van der Waals surface area contributed by atoms with Gasteiger partial charge in [-0.25, -0.2) is 0 Å². The van der Waals surface area contributed by atoms with E-state index in [0.29, 0.717) is 0 Å². The molecule has 0 aliphatic rings. The second kappa shape index (κ2) is 27.5. The Balaban J connectivity index is 0.000000214. The molecule has 0 aliphatic carbocycles. The third kappa shape index (κ3) is 11.4. The summed E-state index contributed by atoms with van der Waals surface area (Å²) in [6.07, 6.45) is 3.36. The first kappa shape index (κ1) is 57.2. The minimum Gasteiger partial charge on any atom is -1.00 e. The van der Waals surface area contributed by atoms with Gasteiger partial charge >= 0.3 is 19.5 Å². The molecule has 12 rings (SSSR count). The van der Waals surface area contributed by atoms with Gasteiger partial charge in [0, 0.05) is 16.2 Å². The predicted molar refractivity (Wildman–Crippen MR) is 350 cm³/mol. The van der Waals surface area contributed by atoms with Crippen LogP contribution in [0.5, 0.6) is 0 Å². The van der Waals surface area contributed by atoms with Crippen molar-refractivity contribution in [2.75, 3.05) is 18.5 Å². The van der Waals surface area contributed by atoms with Crippen LogP contribution in [0.1, 0.15) is 25.1 Å². The van der Waals surface area contributed by atoms with E-state index in [9.17, 15) is 0 Å². The molecule has 0 atom stereocenters. The first-order chi connectivity index (χ1) is 38.1. The molecule has 0 spiro atoms. The van der Waals surface area contributed by atoms with Crippen LogP contribution in [0.25, 0.3) is 32.3 Å². The van der Waals surface area contributed by atoms with E-state index in [2.05, 4.69) is 330 Å². The van der Waals surface area contributed by atoms with Gasteiger partial charge in [0.2, 0.25) is 0 Å². The Hall–Kier alpha value is -7.00. The van der Waals surface area contributed by atoms with Gasteiger partial charge in [-0.05, 0) is 128 Å². The maximum Gasteiger partial charge on any atom is 3.00 e. The molecule has 0 saturated heterocycles. The van der Waals surface area contributed by atoms with E-state index in [1.165, 1.54) is 80.1 Å². The Labute approximate surface area is 482 Å². The van der Waals surface area contributed by atoms with Gasteiger partial charge in [0.1, 0.15) is 76.3 Å². The molecule has 12 aromatic carbocycles. The van der Waals surface area contributed by atoms with Crippen LogP contribution in [-0.2, 0) is 24.3 Å². The van der Waals surface area contributed by atoms with E-state index in [1.807, 2.05) is 6.79 Å². The molecule has 0 radical (unpaired) electrons. The van der Waals surface area contributed by atoms with Crippen molar-refractivity contribution in [3.63, 3.8) is 0 Å². The zero-order valence-corrected chi connectivity index (χ0v) is 49.2. The fraction of sp³-hybridized carbons (Fsp3) is 0.0822. The number of carbonyl (C=O) groups is 1. The van der Waals surface area contributed by atoms with Gasteiger partial charge in [0.05, 0.1) is 18.5 Å². The summed E-state index contributed by atoms with van der Waals surface area (Å²) in [4.78, 5) is 8.00. The van der Waals surface area contributed by atoms with Crippen LogP contribution < -0.4 is 47.7 Å². The molecule has 0 heterocycles. The Morgan fingerprint density at radius 2 is 0.410 bits per heavy atom. The summed E-state index contributed by atoms with van der Waals surface area (Å²) >= 11 is 0. The first-order valence-corrected chi connectivity index (χ1v) is 32.7. The number of benzene rings is 12. The van der Waals surface area contributed by atoms with Crippen LogP contribution in [0.2, 0.25) is 0 Å². The third-order valence-electron chi connectivity index (χ3n) is 15.1. The maximum atomic E-state index is 8.00. The predicted octanol–water partition coefficient (Wildman–Crippen LogP) is 15.6. The van der Waals surface area contributed by atoms with Crippen molar-refractivity contribution in [3.8, 4) is 0 Å². The van der Waals surface area contributed by atoms with Gasteiger partial charge in [0.25, 0.3) is 0 Å². The van der Waals surface area contributed by atoms with E-state index in [4.69, 9.17) is 4.79 Å². The van der Waals surface area contributed by atoms with Gasteiger partial charge in [0.15, 0.2) is 0 Å². The molecule has 0 aliphatic heterocycles. The van der Waals surface area contributed by atoms with Crippen LogP contribution in [0.4, 0.5) is 0 Å². The van der Waals surface area contributed by atoms with Crippen LogP contribution in [0, 0.1) is 0 Å². The van der Waals surface area contributed by atoms with Crippen molar-refractivity contribution in [2.45, 2.75) is 20.8 Å². The smallest absolute Gasteiger partial charge is 1.00 e. The average Bonchev–Trinajstić information content (AvgIpc) is 3.53. The Morgan fingerprint density at radius 1 is 0.244 bits per heavy atom. The van der Waals surface area contributed by atoms with Crippen LogP contribution >= 0.6 is 21.8 Å². The minimum absolute atomic E-state index is 0. The van der Waals surface area contributed by atoms with Gasteiger partial charge < -0.3 is 9.07 Å². The fourth-order valence-corrected chi connectivity index (χ4v) is 24.3. The molecular formula is C73H71OP3Rh+3.